The van der Waals surface area contributed by atoms with Gasteiger partial charge in [0.2, 0.25) is 0 Å². The fraction of sp³-hybridized carbons (Fsp3) is 0.333. The number of amides is 1. The summed E-state index contributed by atoms with van der Waals surface area (Å²) in [6.45, 7) is 1.91. The zero-order chi connectivity index (χ0) is 16.8. The summed E-state index contributed by atoms with van der Waals surface area (Å²) in [7, 11) is 0. The monoisotopic (exact) mass is 324 g/mol. The van der Waals surface area contributed by atoms with Gasteiger partial charge in [0.25, 0.3) is 5.91 Å². The van der Waals surface area contributed by atoms with Gasteiger partial charge in [-0.25, -0.2) is 4.68 Å². The predicted octanol–water partition coefficient (Wildman–Crippen LogP) is 2.95. The van der Waals surface area contributed by atoms with Crippen LogP contribution in [0.2, 0.25) is 0 Å². The Kier molecular flexibility index (Phi) is 3.54. The highest BCUT2D eigenvalue weighted by Crippen LogP contribution is 2.43. The van der Waals surface area contributed by atoms with Crippen LogP contribution in [0.1, 0.15) is 40.1 Å². The van der Waals surface area contributed by atoms with Crippen LogP contribution >= 0.6 is 0 Å². The SMILES string of the molecule is Cc1ccc([C@@H]2C[C@H](C(F)(F)F)n3nc(C(N)=O)cc3N2)cc1. The molecule has 122 valence electrons. The molecule has 8 heteroatoms. The van der Waals surface area contributed by atoms with Gasteiger partial charge in [0.05, 0.1) is 6.04 Å². The molecule has 0 radical (unpaired) electrons. The van der Waals surface area contributed by atoms with Gasteiger partial charge in [0, 0.05) is 12.5 Å². The lowest BCUT2D eigenvalue weighted by molar-refractivity contribution is -0.173. The van der Waals surface area contributed by atoms with Gasteiger partial charge in [0.15, 0.2) is 11.7 Å². The Morgan fingerprint density at radius 3 is 2.57 bits per heavy atom. The maximum absolute atomic E-state index is 13.4. The van der Waals surface area contributed by atoms with Crippen molar-refractivity contribution in [2.45, 2.75) is 31.6 Å². The number of hydrogen-bond acceptors (Lipinski definition) is 3. The minimum absolute atomic E-state index is 0.137. The second-order valence-corrected chi connectivity index (χ2v) is 5.62. The van der Waals surface area contributed by atoms with Crippen molar-refractivity contribution >= 4 is 11.7 Å². The lowest BCUT2D eigenvalue weighted by Gasteiger charge is -2.33. The molecule has 3 N–H and O–H groups in total. The summed E-state index contributed by atoms with van der Waals surface area (Å²) >= 11 is 0. The molecule has 1 amide bonds. The summed E-state index contributed by atoms with van der Waals surface area (Å²) in [6.07, 6.45) is -4.68. The van der Waals surface area contributed by atoms with E-state index in [4.69, 9.17) is 5.73 Å². The van der Waals surface area contributed by atoms with Gasteiger partial charge in [-0.15, -0.1) is 0 Å². The van der Waals surface area contributed by atoms with Crippen LogP contribution in [0, 0.1) is 6.92 Å². The number of anilines is 1. The lowest BCUT2D eigenvalue weighted by atomic mass is 9.96. The van der Waals surface area contributed by atoms with Gasteiger partial charge in [-0.1, -0.05) is 29.8 Å². The lowest BCUT2D eigenvalue weighted by Crippen LogP contribution is -2.35. The third-order valence-electron chi connectivity index (χ3n) is 3.92. The normalized spacial score (nSPS) is 20.7. The molecule has 23 heavy (non-hydrogen) atoms. The minimum Gasteiger partial charge on any atom is -0.364 e. The van der Waals surface area contributed by atoms with E-state index in [9.17, 15) is 18.0 Å². The smallest absolute Gasteiger partial charge is 0.364 e. The third kappa shape index (κ3) is 2.88. The second-order valence-electron chi connectivity index (χ2n) is 5.62. The number of nitrogens with two attached hydrogens (primary N) is 1. The van der Waals surface area contributed by atoms with Crippen LogP contribution in [0.5, 0.6) is 0 Å². The van der Waals surface area contributed by atoms with Crippen LogP contribution < -0.4 is 11.1 Å². The van der Waals surface area contributed by atoms with Crippen molar-refractivity contribution in [1.82, 2.24) is 9.78 Å². The van der Waals surface area contributed by atoms with Crippen molar-refractivity contribution < 1.29 is 18.0 Å². The number of hydrogen-bond donors (Lipinski definition) is 2. The summed E-state index contributed by atoms with van der Waals surface area (Å²) in [5.74, 6) is -0.723. The molecular formula is C15H15F3N4O. The van der Waals surface area contributed by atoms with Crippen molar-refractivity contribution in [2.24, 2.45) is 5.73 Å². The Morgan fingerprint density at radius 1 is 1.35 bits per heavy atom. The van der Waals surface area contributed by atoms with E-state index in [0.29, 0.717) is 0 Å². The van der Waals surface area contributed by atoms with E-state index in [1.807, 2.05) is 19.1 Å². The molecule has 0 aliphatic carbocycles. The third-order valence-corrected chi connectivity index (χ3v) is 3.92. The first-order valence-electron chi connectivity index (χ1n) is 7.05. The summed E-state index contributed by atoms with van der Waals surface area (Å²) in [4.78, 5) is 11.2. The van der Waals surface area contributed by atoms with Crippen molar-refractivity contribution in [3.05, 3.63) is 47.2 Å². The van der Waals surface area contributed by atoms with Crippen LogP contribution in [0.15, 0.2) is 30.3 Å². The van der Waals surface area contributed by atoms with Gasteiger partial charge in [-0.05, 0) is 12.5 Å². The number of nitrogens with zero attached hydrogens (tertiary/aromatic N) is 2. The zero-order valence-corrected chi connectivity index (χ0v) is 12.3. The zero-order valence-electron chi connectivity index (χ0n) is 12.3. The number of fused-ring (bicyclic) bond motifs is 1. The van der Waals surface area contributed by atoms with Crippen molar-refractivity contribution in [3.63, 3.8) is 0 Å². The molecular weight excluding hydrogens is 309 g/mol. The van der Waals surface area contributed by atoms with Gasteiger partial charge < -0.3 is 11.1 Å². The molecule has 1 aromatic carbocycles. The number of aryl methyl sites for hydroxylation is 1. The Morgan fingerprint density at radius 2 is 2.00 bits per heavy atom. The molecule has 3 rings (SSSR count). The number of rotatable bonds is 2. The van der Waals surface area contributed by atoms with Gasteiger partial charge >= 0.3 is 6.18 Å². The molecule has 0 saturated heterocycles. The number of aromatic nitrogens is 2. The van der Waals surface area contributed by atoms with E-state index < -0.39 is 24.2 Å². The second kappa shape index (κ2) is 5.29. The molecule has 2 atom stereocenters. The highest BCUT2D eigenvalue weighted by atomic mass is 19.4. The van der Waals surface area contributed by atoms with Gasteiger partial charge in [-0.3, -0.25) is 4.79 Å². The van der Waals surface area contributed by atoms with Crippen LogP contribution in [-0.4, -0.2) is 21.9 Å². The molecule has 0 unspecified atom stereocenters. The molecule has 1 aliphatic rings. The first-order chi connectivity index (χ1) is 10.8. The topological polar surface area (TPSA) is 72.9 Å². The maximum atomic E-state index is 13.4. The van der Waals surface area contributed by atoms with Crippen LogP contribution in [-0.2, 0) is 0 Å². The highest BCUT2D eigenvalue weighted by molar-refractivity contribution is 5.91. The van der Waals surface area contributed by atoms with E-state index in [1.54, 1.807) is 12.1 Å². The maximum Gasteiger partial charge on any atom is 0.410 e. The molecule has 1 aromatic heterocycles. The van der Waals surface area contributed by atoms with Gasteiger partial charge in [0.1, 0.15) is 5.82 Å². The Balaban J connectivity index is 2.01. The molecule has 2 aromatic rings. The van der Waals surface area contributed by atoms with Crippen LogP contribution in [0.4, 0.5) is 19.0 Å². The Hall–Kier alpha value is -2.51. The number of carbonyl (C=O) groups is 1. The standard InChI is InChI=1S/C15H15F3N4O/c1-8-2-4-9(5-3-8)10-6-12(15(16,17)18)22-13(20-10)7-11(21-22)14(19)23/h2-5,7,10,12,20H,6H2,1H3,(H2,19,23)/t10-,12+/m0/s1. The first kappa shape index (κ1) is 15.4. The van der Waals surface area contributed by atoms with Crippen LogP contribution in [0.25, 0.3) is 0 Å². The number of nitrogens with one attached hydrogen (secondary N) is 1. The van der Waals surface area contributed by atoms with E-state index in [1.165, 1.54) is 6.07 Å². The quantitative estimate of drug-likeness (QED) is 0.892. The predicted molar refractivity (Wildman–Crippen MR) is 78.0 cm³/mol. The number of primary amides is 1. The first-order valence-corrected chi connectivity index (χ1v) is 7.05. The average molecular weight is 324 g/mol. The van der Waals surface area contributed by atoms with Crippen molar-refractivity contribution in [3.8, 4) is 0 Å². The van der Waals surface area contributed by atoms with E-state index >= 15 is 0 Å². The molecule has 0 fully saturated rings. The number of carbonyl (C=O) groups excluding carboxylic acids is 1. The fourth-order valence-corrected chi connectivity index (χ4v) is 2.71. The number of alkyl halides is 3. The summed E-state index contributed by atoms with van der Waals surface area (Å²) in [5.41, 5.74) is 6.70. The molecule has 0 saturated carbocycles. The molecule has 1 aliphatic heterocycles. The van der Waals surface area contributed by atoms with Crippen molar-refractivity contribution in [2.75, 3.05) is 5.32 Å². The number of benzene rings is 1. The fourth-order valence-electron chi connectivity index (χ4n) is 2.71. The average Bonchev–Trinajstić information content (AvgIpc) is 2.90. The van der Waals surface area contributed by atoms with Crippen LogP contribution in [0.3, 0.4) is 0 Å². The number of halogens is 3. The Bertz CT molecular complexity index is 736. The van der Waals surface area contributed by atoms with E-state index in [-0.39, 0.29) is 17.9 Å². The minimum atomic E-state index is -4.47. The highest BCUT2D eigenvalue weighted by Gasteiger charge is 2.46. The molecule has 5 nitrogen and oxygen atoms in total. The molecule has 2 heterocycles. The van der Waals surface area contributed by atoms with Crippen molar-refractivity contribution in [1.29, 1.82) is 0 Å². The summed E-state index contributed by atoms with van der Waals surface area (Å²) < 4.78 is 40.9. The molecule has 0 bridgehead atoms. The summed E-state index contributed by atoms with van der Waals surface area (Å²) in [6, 6.07) is 6.20. The van der Waals surface area contributed by atoms with E-state index in [0.717, 1.165) is 15.8 Å². The Labute approximate surface area is 130 Å². The van der Waals surface area contributed by atoms with E-state index in [2.05, 4.69) is 10.4 Å². The van der Waals surface area contributed by atoms with Gasteiger partial charge in [-0.2, -0.15) is 18.3 Å². The molecule has 0 spiro atoms. The summed E-state index contributed by atoms with van der Waals surface area (Å²) in [5, 5.41) is 6.70. The largest absolute Gasteiger partial charge is 0.410 e.